The van der Waals surface area contributed by atoms with Gasteiger partial charge in [0.2, 0.25) is 0 Å². The summed E-state index contributed by atoms with van der Waals surface area (Å²) >= 11 is 1.51. The molecule has 2 heterocycles. The molecule has 0 radical (unpaired) electrons. The maximum Gasteiger partial charge on any atom is 0.134 e. The maximum absolute atomic E-state index is 14.3. The third-order valence-corrected chi connectivity index (χ3v) is 4.60. The first-order chi connectivity index (χ1) is 10.2. The van der Waals surface area contributed by atoms with Gasteiger partial charge in [0.25, 0.3) is 0 Å². The number of thiophene rings is 1. The normalized spacial score (nSPS) is 16.3. The van der Waals surface area contributed by atoms with Crippen molar-refractivity contribution in [1.29, 1.82) is 0 Å². The minimum atomic E-state index is -0.765. The highest BCUT2D eigenvalue weighted by atomic mass is 35.5. The van der Waals surface area contributed by atoms with E-state index in [-0.39, 0.29) is 42.2 Å². The molecule has 0 unspecified atom stereocenters. The van der Waals surface area contributed by atoms with Gasteiger partial charge in [0.1, 0.15) is 17.4 Å². The molecule has 1 aromatic carbocycles. The van der Waals surface area contributed by atoms with Gasteiger partial charge in [-0.2, -0.15) is 0 Å². The van der Waals surface area contributed by atoms with Crippen LogP contribution in [0.25, 0.3) is 0 Å². The third kappa shape index (κ3) is 4.33. The van der Waals surface area contributed by atoms with Gasteiger partial charge in [-0.15, -0.1) is 36.2 Å². The predicted molar refractivity (Wildman–Crippen MR) is 93.1 cm³/mol. The zero-order valence-corrected chi connectivity index (χ0v) is 14.6. The number of halogens is 4. The van der Waals surface area contributed by atoms with E-state index in [0.717, 1.165) is 43.2 Å². The summed E-state index contributed by atoms with van der Waals surface area (Å²) in [5.41, 5.74) is 0.153. The van der Waals surface area contributed by atoms with E-state index in [1.807, 2.05) is 17.5 Å². The first-order valence-electron chi connectivity index (χ1n) is 6.83. The number of phenols is 1. The molecule has 1 saturated heterocycles. The molecule has 23 heavy (non-hydrogen) atoms. The Morgan fingerprint density at radius 2 is 1.87 bits per heavy atom. The third-order valence-electron chi connectivity index (χ3n) is 3.68. The molecule has 1 atom stereocenters. The van der Waals surface area contributed by atoms with E-state index in [1.165, 1.54) is 11.3 Å². The van der Waals surface area contributed by atoms with Crippen molar-refractivity contribution in [2.75, 3.05) is 26.2 Å². The molecule has 0 amide bonds. The highest BCUT2D eigenvalue weighted by molar-refractivity contribution is 7.10. The summed E-state index contributed by atoms with van der Waals surface area (Å²) in [7, 11) is 0. The summed E-state index contributed by atoms with van der Waals surface area (Å²) in [5.74, 6) is -1.80. The van der Waals surface area contributed by atoms with Gasteiger partial charge in [0.05, 0.1) is 11.6 Å². The average molecular weight is 383 g/mol. The molecule has 0 aliphatic carbocycles. The van der Waals surface area contributed by atoms with Crippen LogP contribution in [0, 0.1) is 11.6 Å². The minimum Gasteiger partial charge on any atom is -0.507 e. The number of hydrogen-bond donors (Lipinski definition) is 2. The Balaban J connectivity index is 0.00000132. The molecule has 0 saturated carbocycles. The van der Waals surface area contributed by atoms with Crippen LogP contribution in [0.4, 0.5) is 8.78 Å². The second kappa shape index (κ2) is 8.80. The van der Waals surface area contributed by atoms with E-state index in [9.17, 15) is 13.9 Å². The molecule has 1 aromatic heterocycles. The van der Waals surface area contributed by atoms with Crippen molar-refractivity contribution in [2.24, 2.45) is 0 Å². The minimum absolute atomic E-state index is 0. The molecule has 0 spiro atoms. The van der Waals surface area contributed by atoms with Crippen molar-refractivity contribution in [3.05, 3.63) is 51.7 Å². The molecule has 0 bridgehead atoms. The molecule has 2 aromatic rings. The Hall–Kier alpha value is -0.920. The molecule has 8 heteroatoms. The van der Waals surface area contributed by atoms with Crippen molar-refractivity contribution in [2.45, 2.75) is 6.04 Å². The fourth-order valence-corrected chi connectivity index (χ4v) is 3.60. The van der Waals surface area contributed by atoms with Gasteiger partial charge in [0, 0.05) is 43.2 Å². The van der Waals surface area contributed by atoms with Crippen LogP contribution in [-0.2, 0) is 0 Å². The lowest BCUT2D eigenvalue weighted by Gasteiger charge is -2.35. The Morgan fingerprint density at radius 1 is 1.17 bits per heavy atom. The van der Waals surface area contributed by atoms with Crippen LogP contribution in [0.1, 0.15) is 16.5 Å². The number of phenolic OH excluding ortho intramolecular Hbond substituents is 1. The molecular formula is C15H18Cl2F2N2OS. The summed E-state index contributed by atoms with van der Waals surface area (Å²) in [6.45, 7) is 3.12. The van der Waals surface area contributed by atoms with Crippen molar-refractivity contribution in [1.82, 2.24) is 10.2 Å². The van der Waals surface area contributed by atoms with Crippen LogP contribution in [0.3, 0.4) is 0 Å². The summed E-state index contributed by atoms with van der Waals surface area (Å²) < 4.78 is 27.5. The zero-order valence-electron chi connectivity index (χ0n) is 12.2. The first kappa shape index (κ1) is 20.1. The van der Waals surface area contributed by atoms with Gasteiger partial charge in [-0.25, -0.2) is 8.78 Å². The van der Waals surface area contributed by atoms with Crippen molar-refractivity contribution < 1.29 is 13.9 Å². The van der Waals surface area contributed by atoms with Gasteiger partial charge in [-0.1, -0.05) is 6.07 Å². The Bertz CT molecular complexity index is 599. The van der Waals surface area contributed by atoms with Crippen molar-refractivity contribution in [3.8, 4) is 5.75 Å². The number of nitrogens with zero attached hydrogens (tertiary/aromatic N) is 1. The monoisotopic (exact) mass is 382 g/mol. The van der Waals surface area contributed by atoms with Gasteiger partial charge in [0.15, 0.2) is 0 Å². The summed E-state index contributed by atoms with van der Waals surface area (Å²) in [6.07, 6.45) is 0. The lowest BCUT2D eigenvalue weighted by molar-refractivity contribution is 0.194. The second-order valence-corrected chi connectivity index (χ2v) is 6.00. The molecule has 128 valence electrons. The number of rotatable bonds is 3. The van der Waals surface area contributed by atoms with E-state index in [1.54, 1.807) is 0 Å². The second-order valence-electron chi connectivity index (χ2n) is 5.02. The van der Waals surface area contributed by atoms with E-state index in [0.29, 0.717) is 0 Å². The van der Waals surface area contributed by atoms with E-state index < -0.39 is 11.6 Å². The number of nitrogens with one attached hydrogen (secondary N) is 1. The number of benzene rings is 1. The smallest absolute Gasteiger partial charge is 0.134 e. The van der Waals surface area contributed by atoms with Crippen LogP contribution in [-0.4, -0.2) is 36.2 Å². The Labute approximate surface area is 150 Å². The van der Waals surface area contributed by atoms with Crippen LogP contribution >= 0.6 is 36.2 Å². The molecular weight excluding hydrogens is 365 g/mol. The zero-order chi connectivity index (χ0) is 14.8. The van der Waals surface area contributed by atoms with E-state index >= 15 is 0 Å². The highest BCUT2D eigenvalue weighted by Crippen LogP contribution is 2.38. The van der Waals surface area contributed by atoms with Gasteiger partial charge in [-0.05, 0) is 11.4 Å². The molecule has 1 aliphatic heterocycles. The van der Waals surface area contributed by atoms with Crippen LogP contribution in [0.15, 0.2) is 29.6 Å². The quantitative estimate of drug-likeness (QED) is 0.851. The van der Waals surface area contributed by atoms with E-state index in [2.05, 4.69) is 10.2 Å². The van der Waals surface area contributed by atoms with Crippen LogP contribution in [0.5, 0.6) is 5.75 Å². The standard InChI is InChI=1S/C15H16F2N2OS.2ClH/c16-10-8-11(17)14(12(20)9-10)15(13-2-1-7-21-13)19-5-3-18-4-6-19;;/h1-2,7-9,15,18,20H,3-6H2;2*1H/t15-;;/m0../s1. The van der Waals surface area contributed by atoms with Gasteiger partial charge < -0.3 is 10.4 Å². The SMILES string of the molecule is Cl.Cl.Oc1cc(F)cc(F)c1[C@H](c1cccs1)N1CCNCC1. The average Bonchev–Trinajstić information content (AvgIpc) is 2.97. The number of piperazine rings is 1. The summed E-state index contributed by atoms with van der Waals surface area (Å²) in [6, 6.07) is 5.24. The molecule has 3 nitrogen and oxygen atoms in total. The molecule has 2 N–H and O–H groups in total. The topological polar surface area (TPSA) is 35.5 Å². The van der Waals surface area contributed by atoms with Crippen LogP contribution < -0.4 is 5.32 Å². The molecule has 1 fully saturated rings. The first-order valence-corrected chi connectivity index (χ1v) is 7.71. The predicted octanol–water partition coefficient (Wildman–Crippen LogP) is 3.57. The molecule has 1 aliphatic rings. The van der Waals surface area contributed by atoms with Crippen molar-refractivity contribution in [3.63, 3.8) is 0 Å². The van der Waals surface area contributed by atoms with Crippen molar-refractivity contribution >= 4 is 36.2 Å². The molecule has 3 rings (SSSR count). The maximum atomic E-state index is 14.3. The Kier molecular flexibility index (Phi) is 7.70. The van der Waals surface area contributed by atoms with Gasteiger partial charge in [-0.3, -0.25) is 4.90 Å². The largest absolute Gasteiger partial charge is 0.507 e. The lowest BCUT2D eigenvalue weighted by Crippen LogP contribution is -2.45. The fourth-order valence-electron chi connectivity index (χ4n) is 2.73. The summed E-state index contributed by atoms with van der Waals surface area (Å²) in [5, 5.41) is 15.2. The summed E-state index contributed by atoms with van der Waals surface area (Å²) in [4.78, 5) is 3.05. The highest BCUT2D eigenvalue weighted by Gasteiger charge is 2.29. The van der Waals surface area contributed by atoms with E-state index in [4.69, 9.17) is 0 Å². The number of aromatic hydroxyl groups is 1. The lowest BCUT2D eigenvalue weighted by atomic mass is 10.0. The van der Waals surface area contributed by atoms with Gasteiger partial charge >= 0.3 is 0 Å². The fraction of sp³-hybridized carbons (Fsp3) is 0.333. The van der Waals surface area contributed by atoms with Crippen LogP contribution in [0.2, 0.25) is 0 Å². The number of hydrogen-bond acceptors (Lipinski definition) is 4. The Morgan fingerprint density at radius 3 is 2.43 bits per heavy atom.